The highest BCUT2D eigenvalue weighted by molar-refractivity contribution is 6.02. The average Bonchev–Trinajstić information content (AvgIpc) is 2.88. The van der Waals surface area contributed by atoms with Crippen LogP contribution in [0, 0.1) is 17.3 Å². The minimum absolute atomic E-state index is 0.107. The Balaban J connectivity index is 2.46. The monoisotopic (exact) mass is 402 g/mol. The van der Waals surface area contributed by atoms with Gasteiger partial charge in [-0.2, -0.15) is 0 Å². The summed E-state index contributed by atoms with van der Waals surface area (Å²) in [6.45, 7) is 9.81. The Morgan fingerprint density at radius 2 is 1.79 bits per heavy atom. The zero-order valence-corrected chi connectivity index (χ0v) is 18.7. The van der Waals surface area contributed by atoms with Crippen LogP contribution in [0.5, 0.6) is 0 Å². The molecule has 4 nitrogen and oxygen atoms in total. The standard InChI is InChI=1S/C25H38O4/c1-16-7-6-8-17(2)13-14-25(5)20(11-10-18(3)21(27)12-9-16)22(19(4)15-26)23(28)24(25)29/h7,10,13,19-21,26-28H,6,8-9,11-12,14-15H2,1-5H3/b16-7-,17-13-,18-10-/t19-,20-,21+,25+/m0/s1. The summed E-state index contributed by atoms with van der Waals surface area (Å²) in [5.41, 5.74) is 3.36. The Labute approximate surface area is 175 Å². The van der Waals surface area contributed by atoms with E-state index in [4.69, 9.17) is 0 Å². The molecule has 0 aromatic heterocycles. The van der Waals surface area contributed by atoms with Gasteiger partial charge in [-0.3, -0.25) is 4.79 Å². The lowest BCUT2D eigenvalue weighted by atomic mass is 9.70. The largest absolute Gasteiger partial charge is 0.504 e. The first kappa shape index (κ1) is 23.6. The molecular formula is C25H38O4. The van der Waals surface area contributed by atoms with Crippen LogP contribution in [0.1, 0.15) is 73.1 Å². The Bertz CT molecular complexity index is 740. The average molecular weight is 403 g/mol. The molecule has 0 saturated carbocycles. The number of hydrogen-bond acceptors (Lipinski definition) is 4. The topological polar surface area (TPSA) is 77.8 Å². The second kappa shape index (κ2) is 9.90. The highest BCUT2D eigenvalue weighted by atomic mass is 16.3. The van der Waals surface area contributed by atoms with Crippen molar-refractivity contribution in [2.75, 3.05) is 6.61 Å². The molecule has 4 atom stereocenters. The maximum Gasteiger partial charge on any atom is 0.203 e. The van der Waals surface area contributed by atoms with Gasteiger partial charge in [-0.1, -0.05) is 43.2 Å². The molecule has 0 aromatic rings. The summed E-state index contributed by atoms with van der Waals surface area (Å²) in [4.78, 5) is 13.1. The van der Waals surface area contributed by atoms with Gasteiger partial charge in [-0.15, -0.1) is 0 Å². The van der Waals surface area contributed by atoms with Crippen LogP contribution in [-0.4, -0.2) is 33.8 Å². The second-order valence-corrected chi connectivity index (χ2v) is 9.27. The van der Waals surface area contributed by atoms with E-state index in [1.807, 2.05) is 26.8 Å². The first-order valence-corrected chi connectivity index (χ1v) is 10.9. The first-order chi connectivity index (χ1) is 13.6. The number of Topliss-reactive ketones (excluding diaryl/α,β-unsaturated/α-hetero) is 1. The van der Waals surface area contributed by atoms with Crippen LogP contribution in [0.3, 0.4) is 0 Å². The minimum Gasteiger partial charge on any atom is -0.504 e. The van der Waals surface area contributed by atoms with Crippen LogP contribution in [0.25, 0.3) is 0 Å². The van der Waals surface area contributed by atoms with Gasteiger partial charge in [-0.25, -0.2) is 0 Å². The molecule has 2 aliphatic carbocycles. The van der Waals surface area contributed by atoms with Gasteiger partial charge in [0.2, 0.25) is 5.78 Å². The number of carbonyl (C=O) groups is 1. The number of ketones is 1. The molecule has 0 saturated heterocycles. The first-order valence-electron chi connectivity index (χ1n) is 10.9. The van der Waals surface area contributed by atoms with E-state index in [-0.39, 0.29) is 30.0 Å². The molecule has 0 radical (unpaired) electrons. The van der Waals surface area contributed by atoms with Crippen LogP contribution in [-0.2, 0) is 4.79 Å². The number of aliphatic hydroxyl groups excluding tert-OH is 3. The summed E-state index contributed by atoms with van der Waals surface area (Å²) < 4.78 is 0. The van der Waals surface area contributed by atoms with Gasteiger partial charge < -0.3 is 15.3 Å². The maximum atomic E-state index is 13.1. The molecule has 0 fully saturated rings. The number of fused-ring (bicyclic) bond motifs is 1. The van der Waals surface area contributed by atoms with E-state index in [1.165, 1.54) is 11.1 Å². The molecule has 0 aliphatic heterocycles. The van der Waals surface area contributed by atoms with E-state index in [1.54, 1.807) is 0 Å². The van der Waals surface area contributed by atoms with E-state index in [9.17, 15) is 20.1 Å². The van der Waals surface area contributed by atoms with E-state index in [0.29, 0.717) is 24.8 Å². The summed E-state index contributed by atoms with van der Waals surface area (Å²) in [6.07, 6.45) is 10.4. The van der Waals surface area contributed by atoms with Crippen molar-refractivity contribution in [2.24, 2.45) is 17.3 Å². The zero-order chi connectivity index (χ0) is 21.8. The quantitative estimate of drug-likeness (QED) is 0.556. The molecule has 3 N–H and O–H groups in total. The third-order valence-electron chi connectivity index (χ3n) is 6.88. The fourth-order valence-corrected chi connectivity index (χ4v) is 4.53. The van der Waals surface area contributed by atoms with E-state index < -0.39 is 11.5 Å². The number of allylic oxidation sites excluding steroid dienone is 6. The summed E-state index contributed by atoms with van der Waals surface area (Å²) in [7, 11) is 0. The summed E-state index contributed by atoms with van der Waals surface area (Å²) >= 11 is 0. The minimum atomic E-state index is -0.738. The van der Waals surface area contributed by atoms with Gasteiger partial charge in [-0.05, 0) is 70.4 Å². The summed E-state index contributed by atoms with van der Waals surface area (Å²) in [5, 5.41) is 30.9. The Kier molecular flexibility index (Phi) is 8.07. The van der Waals surface area contributed by atoms with Crippen LogP contribution < -0.4 is 0 Å². The highest BCUT2D eigenvalue weighted by Gasteiger charge is 2.51. The normalized spacial score (nSPS) is 36.7. The van der Waals surface area contributed by atoms with Crippen molar-refractivity contribution in [2.45, 2.75) is 79.2 Å². The van der Waals surface area contributed by atoms with E-state index in [0.717, 1.165) is 24.8 Å². The van der Waals surface area contributed by atoms with Gasteiger partial charge in [0.25, 0.3) is 0 Å². The Morgan fingerprint density at radius 1 is 1.14 bits per heavy atom. The van der Waals surface area contributed by atoms with Crippen molar-refractivity contribution in [1.82, 2.24) is 0 Å². The van der Waals surface area contributed by atoms with Crippen LogP contribution in [0.2, 0.25) is 0 Å². The summed E-state index contributed by atoms with van der Waals surface area (Å²) in [5.74, 6) is -0.860. The van der Waals surface area contributed by atoms with Crippen molar-refractivity contribution >= 4 is 5.78 Å². The number of hydrogen-bond donors (Lipinski definition) is 3. The van der Waals surface area contributed by atoms with Gasteiger partial charge in [0.05, 0.1) is 6.10 Å². The molecule has 4 heteroatoms. The van der Waals surface area contributed by atoms with Crippen molar-refractivity contribution in [3.63, 3.8) is 0 Å². The smallest absolute Gasteiger partial charge is 0.203 e. The number of rotatable bonds is 2. The third-order valence-corrected chi connectivity index (χ3v) is 6.88. The van der Waals surface area contributed by atoms with Crippen molar-refractivity contribution in [3.8, 4) is 0 Å². The summed E-state index contributed by atoms with van der Waals surface area (Å²) in [6, 6.07) is 0. The third kappa shape index (κ3) is 5.29. The predicted octanol–water partition coefficient (Wildman–Crippen LogP) is 5.19. The SMILES string of the molecule is C/C1=C/C[C@@]2(C)C(=O)C(O)=C([C@@H](C)CO)[C@@H]2C/C=C(/C)[C@H](O)CC/C(C)=C\CC1. The molecule has 0 spiro atoms. The Morgan fingerprint density at radius 3 is 2.45 bits per heavy atom. The highest BCUT2D eigenvalue weighted by Crippen LogP contribution is 2.50. The van der Waals surface area contributed by atoms with Crippen molar-refractivity contribution in [3.05, 3.63) is 46.3 Å². The lowest BCUT2D eigenvalue weighted by Crippen LogP contribution is -2.32. The lowest BCUT2D eigenvalue weighted by molar-refractivity contribution is -0.126. The molecule has 0 bridgehead atoms. The van der Waals surface area contributed by atoms with Crippen molar-refractivity contribution < 1.29 is 20.1 Å². The van der Waals surface area contributed by atoms with Gasteiger partial charge in [0.15, 0.2) is 5.76 Å². The van der Waals surface area contributed by atoms with E-state index in [2.05, 4.69) is 26.0 Å². The lowest BCUT2D eigenvalue weighted by Gasteiger charge is -2.32. The van der Waals surface area contributed by atoms with E-state index >= 15 is 0 Å². The number of carbonyl (C=O) groups excluding carboxylic acids is 1. The van der Waals surface area contributed by atoms with Crippen LogP contribution >= 0.6 is 0 Å². The Hall–Kier alpha value is -1.65. The molecule has 2 aliphatic rings. The molecular weight excluding hydrogens is 364 g/mol. The second-order valence-electron chi connectivity index (χ2n) is 9.27. The molecule has 2 rings (SSSR count). The molecule has 0 amide bonds. The molecule has 162 valence electrons. The number of aliphatic hydroxyl groups is 3. The van der Waals surface area contributed by atoms with Gasteiger partial charge in [0, 0.05) is 23.9 Å². The molecule has 0 heterocycles. The predicted molar refractivity (Wildman–Crippen MR) is 117 cm³/mol. The van der Waals surface area contributed by atoms with Gasteiger partial charge >= 0.3 is 0 Å². The molecule has 0 aromatic carbocycles. The fraction of sp³-hybridized carbons (Fsp3) is 0.640. The molecule has 0 unspecified atom stereocenters. The zero-order valence-electron chi connectivity index (χ0n) is 18.7. The van der Waals surface area contributed by atoms with Crippen molar-refractivity contribution in [1.29, 1.82) is 0 Å². The van der Waals surface area contributed by atoms with Crippen LogP contribution in [0.15, 0.2) is 46.3 Å². The van der Waals surface area contributed by atoms with Gasteiger partial charge in [0.1, 0.15) is 0 Å². The van der Waals surface area contributed by atoms with Crippen LogP contribution in [0.4, 0.5) is 0 Å². The molecule has 29 heavy (non-hydrogen) atoms. The maximum absolute atomic E-state index is 13.1. The fourth-order valence-electron chi connectivity index (χ4n) is 4.53.